The SMILES string of the molecule is CCC(Sc1cccc(NC(=O)/C(=C\c2cccc(Cl)c2Cl)NC(=O)c2ccccc2)c1)C(=O)Nc1ccc(Br)cc1. The number of thioether (sulfide) groups is 1. The highest BCUT2D eigenvalue weighted by Crippen LogP contribution is 2.30. The number of benzene rings is 4. The molecule has 0 aliphatic rings. The van der Waals surface area contributed by atoms with Crippen LogP contribution in [0.15, 0.2) is 112 Å². The van der Waals surface area contributed by atoms with Crippen LogP contribution < -0.4 is 16.0 Å². The maximum absolute atomic E-state index is 13.5. The Morgan fingerprint density at radius 3 is 2.29 bits per heavy atom. The first kappa shape index (κ1) is 31.4. The van der Waals surface area contributed by atoms with E-state index in [0.717, 1.165) is 9.37 Å². The number of halogens is 3. The number of anilines is 2. The van der Waals surface area contributed by atoms with E-state index in [0.29, 0.717) is 33.9 Å². The van der Waals surface area contributed by atoms with Crippen LogP contribution >= 0.6 is 50.9 Å². The molecule has 4 aromatic carbocycles. The van der Waals surface area contributed by atoms with Crippen LogP contribution in [0.2, 0.25) is 10.0 Å². The van der Waals surface area contributed by atoms with Crippen molar-refractivity contribution in [3.63, 3.8) is 0 Å². The van der Waals surface area contributed by atoms with E-state index in [9.17, 15) is 14.4 Å². The Labute approximate surface area is 267 Å². The minimum atomic E-state index is -0.558. The third-order valence-corrected chi connectivity index (χ3v) is 8.68. The van der Waals surface area contributed by atoms with Crippen LogP contribution in [0, 0.1) is 0 Å². The fourth-order valence-corrected chi connectivity index (χ4v) is 5.46. The standard InChI is InChI=1S/C32H26BrCl2N3O3S/c1-2-28(32(41)36-23-16-14-22(33)15-17-23)42-25-12-7-11-24(19-25)37-31(40)27(18-21-10-6-13-26(34)29(21)35)38-30(39)20-8-4-3-5-9-20/h3-19,28H,2H2,1H3,(H,36,41)(H,37,40)(H,38,39)/b27-18+. The van der Waals surface area contributed by atoms with Gasteiger partial charge in [-0.2, -0.15) is 0 Å². The van der Waals surface area contributed by atoms with Gasteiger partial charge >= 0.3 is 0 Å². The molecule has 4 rings (SSSR count). The summed E-state index contributed by atoms with van der Waals surface area (Å²) < 4.78 is 0.925. The largest absolute Gasteiger partial charge is 0.325 e. The van der Waals surface area contributed by atoms with Gasteiger partial charge in [-0.3, -0.25) is 14.4 Å². The zero-order chi connectivity index (χ0) is 30.1. The Morgan fingerprint density at radius 1 is 0.857 bits per heavy atom. The minimum absolute atomic E-state index is 0.0219. The minimum Gasteiger partial charge on any atom is -0.325 e. The summed E-state index contributed by atoms with van der Waals surface area (Å²) in [4.78, 5) is 40.1. The molecule has 3 amide bonds. The van der Waals surface area contributed by atoms with Gasteiger partial charge in [-0.1, -0.05) is 82.5 Å². The van der Waals surface area contributed by atoms with Gasteiger partial charge in [0.15, 0.2) is 0 Å². The van der Waals surface area contributed by atoms with Gasteiger partial charge in [0.1, 0.15) is 5.70 Å². The van der Waals surface area contributed by atoms with Crippen molar-refractivity contribution < 1.29 is 14.4 Å². The van der Waals surface area contributed by atoms with Gasteiger partial charge in [0, 0.05) is 26.3 Å². The Bertz CT molecular complexity index is 1620. The van der Waals surface area contributed by atoms with Crippen molar-refractivity contribution in [2.75, 3.05) is 10.6 Å². The summed E-state index contributed by atoms with van der Waals surface area (Å²) in [6.07, 6.45) is 2.07. The molecule has 0 radical (unpaired) electrons. The molecule has 3 N–H and O–H groups in total. The fraction of sp³-hybridized carbons (Fsp3) is 0.0938. The van der Waals surface area contributed by atoms with E-state index in [-0.39, 0.29) is 21.9 Å². The van der Waals surface area contributed by atoms with E-state index >= 15 is 0 Å². The number of rotatable bonds is 10. The van der Waals surface area contributed by atoms with Crippen LogP contribution in [0.25, 0.3) is 6.08 Å². The number of carbonyl (C=O) groups excluding carboxylic acids is 3. The van der Waals surface area contributed by atoms with Crippen LogP contribution in [0.1, 0.15) is 29.3 Å². The third-order valence-electron chi connectivity index (χ3n) is 5.96. The zero-order valence-corrected chi connectivity index (χ0v) is 26.3. The molecular weight excluding hydrogens is 657 g/mol. The molecule has 10 heteroatoms. The molecule has 0 saturated heterocycles. The van der Waals surface area contributed by atoms with Crippen LogP contribution in [-0.2, 0) is 9.59 Å². The molecule has 214 valence electrons. The molecule has 1 unspecified atom stereocenters. The summed E-state index contributed by atoms with van der Waals surface area (Å²) in [7, 11) is 0. The molecule has 0 aliphatic heterocycles. The number of amides is 3. The van der Waals surface area contributed by atoms with Crippen molar-refractivity contribution in [1.29, 1.82) is 0 Å². The summed E-state index contributed by atoms with van der Waals surface area (Å²) in [6, 6.07) is 28.1. The molecule has 6 nitrogen and oxygen atoms in total. The second-order valence-corrected chi connectivity index (χ2v) is 12.0. The van der Waals surface area contributed by atoms with Gasteiger partial charge in [-0.05, 0) is 78.7 Å². The monoisotopic (exact) mass is 681 g/mol. The summed E-state index contributed by atoms with van der Waals surface area (Å²) >= 11 is 17.3. The molecule has 0 heterocycles. The van der Waals surface area contributed by atoms with E-state index in [4.69, 9.17) is 23.2 Å². The normalized spacial score (nSPS) is 11.9. The Balaban J connectivity index is 1.52. The lowest BCUT2D eigenvalue weighted by Crippen LogP contribution is -2.30. The zero-order valence-electron chi connectivity index (χ0n) is 22.4. The van der Waals surface area contributed by atoms with Crippen molar-refractivity contribution in [2.24, 2.45) is 0 Å². The van der Waals surface area contributed by atoms with Gasteiger partial charge < -0.3 is 16.0 Å². The van der Waals surface area contributed by atoms with E-state index < -0.39 is 11.8 Å². The molecular formula is C32H26BrCl2N3O3S. The van der Waals surface area contributed by atoms with E-state index in [1.807, 2.05) is 37.3 Å². The third kappa shape index (κ3) is 8.72. The smallest absolute Gasteiger partial charge is 0.272 e. The van der Waals surface area contributed by atoms with Gasteiger partial charge in [0.2, 0.25) is 5.91 Å². The van der Waals surface area contributed by atoms with Gasteiger partial charge in [-0.25, -0.2) is 0 Å². The lowest BCUT2D eigenvalue weighted by molar-refractivity contribution is -0.116. The number of nitrogens with one attached hydrogen (secondary N) is 3. The molecule has 0 saturated carbocycles. The highest BCUT2D eigenvalue weighted by Gasteiger charge is 2.20. The quantitative estimate of drug-likeness (QED) is 0.115. The molecule has 0 aliphatic carbocycles. The van der Waals surface area contributed by atoms with Gasteiger partial charge in [0.05, 0.1) is 15.3 Å². The lowest BCUT2D eigenvalue weighted by Gasteiger charge is -2.16. The fourth-order valence-electron chi connectivity index (χ4n) is 3.82. The second-order valence-electron chi connectivity index (χ2n) is 9.01. The maximum Gasteiger partial charge on any atom is 0.272 e. The van der Waals surface area contributed by atoms with Crippen molar-refractivity contribution in [2.45, 2.75) is 23.5 Å². The Kier molecular flexibility index (Phi) is 11.3. The molecule has 1 atom stereocenters. The lowest BCUT2D eigenvalue weighted by atomic mass is 10.1. The molecule has 0 spiro atoms. The number of carbonyl (C=O) groups is 3. The molecule has 0 aromatic heterocycles. The predicted molar refractivity (Wildman–Crippen MR) is 176 cm³/mol. The van der Waals surface area contributed by atoms with Crippen LogP contribution in [0.3, 0.4) is 0 Å². The average molecular weight is 683 g/mol. The summed E-state index contributed by atoms with van der Waals surface area (Å²) in [5.74, 6) is -1.13. The van der Waals surface area contributed by atoms with E-state index in [1.54, 1.807) is 66.7 Å². The number of hydrogen-bond donors (Lipinski definition) is 3. The van der Waals surface area contributed by atoms with Crippen LogP contribution in [0.5, 0.6) is 0 Å². The van der Waals surface area contributed by atoms with Crippen molar-refractivity contribution in [3.8, 4) is 0 Å². The summed E-state index contributed by atoms with van der Waals surface area (Å²) in [5.41, 5.74) is 2.03. The maximum atomic E-state index is 13.5. The molecule has 4 aromatic rings. The second kappa shape index (κ2) is 15.1. The van der Waals surface area contributed by atoms with Gasteiger partial charge in [-0.15, -0.1) is 11.8 Å². The summed E-state index contributed by atoms with van der Waals surface area (Å²) in [6.45, 7) is 1.94. The Morgan fingerprint density at radius 2 is 1.57 bits per heavy atom. The topological polar surface area (TPSA) is 87.3 Å². The van der Waals surface area contributed by atoms with Crippen LogP contribution in [-0.4, -0.2) is 23.0 Å². The predicted octanol–water partition coefficient (Wildman–Crippen LogP) is 8.67. The molecule has 42 heavy (non-hydrogen) atoms. The van der Waals surface area contributed by atoms with E-state index in [1.165, 1.54) is 17.8 Å². The highest BCUT2D eigenvalue weighted by molar-refractivity contribution is 9.10. The molecule has 0 fully saturated rings. The van der Waals surface area contributed by atoms with E-state index in [2.05, 4.69) is 31.9 Å². The average Bonchev–Trinajstić information content (AvgIpc) is 2.99. The van der Waals surface area contributed by atoms with Gasteiger partial charge in [0.25, 0.3) is 11.8 Å². The first-order valence-electron chi connectivity index (χ1n) is 12.9. The first-order chi connectivity index (χ1) is 20.2. The molecule has 0 bridgehead atoms. The van der Waals surface area contributed by atoms with Crippen LogP contribution in [0.4, 0.5) is 11.4 Å². The Hall–Kier alpha value is -3.56. The van der Waals surface area contributed by atoms with Crippen molar-refractivity contribution >= 4 is 86.1 Å². The first-order valence-corrected chi connectivity index (χ1v) is 15.3. The highest BCUT2D eigenvalue weighted by atomic mass is 79.9. The number of hydrogen-bond acceptors (Lipinski definition) is 4. The van der Waals surface area contributed by atoms with Crippen molar-refractivity contribution in [3.05, 3.63) is 128 Å². The summed E-state index contributed by atoms with van der Waals surface area (Å²) in [5, 5.41) is 8.70. The van der Waals surface area contributed by atoms with Crippen molar-refractivity contribution in [1.82, 2.24) is 5.32 Å².